The second-order valence-electron chi connectivity index (χ2n) is 6.64. The molecule has 0 bridgehead atoms. The van der Waals surface area contributed by atoms with Gasteiger partial charge in [-0.1, -0.05) is 24.0 Å². The fraction of sp³-hybridized carbons (Fsp3) is 0.474. The van der Waals surface area contributed by atoms with E-state index < -0.39 is 0 Å². The molecule has 1 aromatic rings. The van der Waals surface area contributed by atoms with E-state index in [9.17, 15) is 14.9 Å². The molecule has 0 radical (unpaired) electrons. The Hall–Kier alpha value is -2.19. The van der Waals surface area contributed by atoms with Crippen molar-refractivity contribution < 1.29 is 14.3 Å². The maximum absolute atomic E-state index is 12.9. The van der Waals surface area contributed by atoms with Crippen LogP contribution in [0.15, 0.2) is 9.70 Å². The van der Waals surface area contributed by atoms with Gasteiger partial charge in [0.2, 0.25) is 0 Å². The van der Waals surface area contributed by atoms with Crippen LogP contribution in [0.1, 0.15) is 16.7 Å². The summed E-state index contributed by atoms with van der Waals surface area (Å²) in [6.45, 7) is 4.84. The van der Waals surface area contributed by atoms with Crippen LogP contribution in [0, 0.1) is 18.3 Å². The van der Waals surface area contributed by atoms with Gasteiger partial charge < -0.3 is 14.4 Å². The van der Waals surface area contributed by atoms with E-state index in [1.54, 1.807) is 27.2 Å². The highest BCUT2D eigenvalue weighted by molar-refractivity contribution is 8.26. The van der Waals surface area contributed by atoms with E-state index in [1.165, 1.54) is 21.2 Å². The number of amides is 1. The number of pyridine rings is 1. The first-order valence-corrected chi connectivity index (χ1v) is 10.3. The number of nitriles is 1. The highest BCUT2D eigenvalue weighted by atomic mass is 32.2. The molecule has 2 saturated heterocycles. The van der Waals surface area contributed by atoms with Gasteiger partial charge in [0, 0.05) is 32.8 Å². The second-order valence-corrected chi connectivity index (χ2v) is 8.31. The van der Waals surface area contributed by atoms with Gasteiger partial charge in [-0.15, -0.1) is 0 Å². The molecule has 0 aromatic carbocycles. The summed E-state index contributed by atoms with van der Waals surface area (Å²) in [5, 5.41) is 9.51. The monoisotopic (exact) mass is 434 g/mol. The number of hydrogen-bond donors (Lipinski definition) is 0. The number of aromatic nitrogens is 1. The van der Waals surface area contributed by atoms with Crippen molar-refractivity contribution >= 4 is 46.1 Å². The lowest BCUT2D eigenvalue weighted by atomic mass is 10.0. The highest BCUT2D eigenvalue weighted by Crippen LogP contribution is 2.35. The number of nitrogens with zero attached hydrogens (tertiary/aromatic N) is 4. The van der Waals surface area contributed by atoms with E-state index in [0.29, 0.717) is 65.6 Å². The summed E-state index contributed by atoms with van der Waals surface area (Å²) < 4.78 is 12.4. The van der Waals surface area contributed by atoms with Crippen LogP contribution in [0.4, 0.5) is 5.82 Å². The van der Waals surface area contributed by atoms with Crippen LogP contribution in [-0.4, -0.2) is 66.3 Å². The third-order valence-electron chi connectivity index (χ3n) is 4.95. The van der Waals surface area contributed by atoms with Crippen molar-refractivity contribution in [3.05, 3.63) is 31.9 Å². The average molecular weight is 435 g/mol. The van der Waals surface area contributed by atoms with E-state index in [-0.39, 0.29) is 17.0 Å². The fourth-order valence-electron chi connectivity index (χ4n) is 3.38. The molecule has 10 heteroatoms. The third-order valence-corrected chi connectivity index (χ3v) is 6.32. The summed E-state index contributed by atoms with van der Waals surface area (Å²) in [4.78, 5) is 29.6. The average Bonchev–Trinajstić information content (AvgIpc) is 2.98. The smallest absolute Gasteiger partial charge is 0.270 e. The zero-order chi connectivity index (χ0) is 21.1. The van der Waals surface area contributed by atoms with Crippen molar-refractivity contribution in [1.82, 2.24) is 9.47 Å². The number of ether oxygens (including phenoxy) is 2. The van der Waals surface area contributed by atoms with Crippen molar-refractivity contribution in [2.24, 2.45) is 7.05 Å². The Balaban J connectivity index is 2.13. The molecule has 0 unspecified atom stereocenters. The van der Waals surface area contributed by atoms with Crippen molar-refractivity contribution in [2.45, 2.75) is 6.92 Å². The number of methoxy groups -OCH3 is 1. The third kappa shape index (κ3) is 4.09. The number of carbonyl (C=O) groups is 1. The van der Waals surface area contributed by atoms with E-state index >= 15 is 0 Å². The molecular weight excluding hydrogens is 412 g/mol. The topological polar surface area (TPSA) is 87.8 Å². The number of anilines is 1. The lowest BCUT2D eigenvalue weighted by Gasteiger charge is -2.32. The number of carbonyl (C=O) groups excluding carboxylic acids is 1. The minimum Gasteiger partial charge on any atom is -0.383 e. The van der Waals surface area contributed by atoms with Crippen LogP contribution in [0.25, 0.3) is 6.08 Å². The van der Waals surface area contributed by atoms with Crippen LogP contribution in [0.3, 0.4) is 0 Å². The molecule has 29 heavy (non-hydrogen) atoms. The number of hydrogen-bond acceptors (Lipinski definition) is 8. The van der Waals surface area contributed by atoms with Gasteiger partial charge in [0.25, 0.3) is 11.5 Å². The summed E-state index contributed by atoms with van der Waals surface area (Å²) in [5.74, 6) is 0.480. The van der Waals surface area contributed by atoms with Crippen molar-refractivity contribution in [2.75, 3.05) is 51.5 Å². The van der Waals surface area contributed by atoms with Crippen LogP contribution >= 0.6 is 24.0 Å². The van der Waals surface area contributed by atoms with E-state index in [2.05, 4.69) is 4.90 Å². The molecule has 154 valence electrons. The number of thioether (sulfide) groups is 1. The Morgan fingerprint density at radius 2 is 2.03 bits per heavy atom. The lowest BCUT2D eigenvalue weighted by molar-refractivity contribution is -0.122. The molecule has 0 spiro atoms. The lowest BCUT2D eigenvalue weighted by Crippen LogP contribution is -2.40. The maximum Gasteiger partial charge on any atom is 0.270 e. The number of thiocarbonyl (C=S) groups is 1. The summed E-state index contributed by atoms with van der Waals surface area (Å²) in [5.41, 5.74) is 0.957. The molecule has 0 aliphatic carbocycles. The van der Waals surface area contributed by atoms with Crippen molar-refractivity contribution in [3.8, 4) is 6.07 Å². The number of morpholine rings is 1. The molecule has 0 atom stereocenters. The molecular formula is C19H22N4O4S2. The maximum atomic E-state index is 12.9. The van der Waals surface area contributed by atoms with Gasteiger partial charge in [-0.05, 0) is 18.6 Å². The highest BCUT2D eigenvalue weighted by Gasteiger charge is 2.33. The van der Waals surface area contributed by atoms with Gasteiger partial charge in [-0.2, -0.15) is 5.26 Å². The minimum absolute atomic E-state index is 0.0746. The predicted octanol–water partition coefficient (Wildman–Crippen LogP) is 1.25. The van der Waals surface area contributed by atoms with Crippen LogP contribution in [0.2, 0.25) is 0 Å². The quantitative estimate of drug-likeness (QED) is 0.506. The summed E-state index contributed by atoms with van der Waals surface area (Å²) in [6, 6.07) is 2.01. The first kappa shape index (κ1) is 21.5. The van der Waals surface area contributed by atoms with Crippen LogP contribution in [0.5, 0.6) is 0 Å². The molecule has 2 fully saturated rings. The van der Waals surface area contributed by atoms with Crippen molar-refractivity contribution in [1.29, 1.82) is 5.26 Å². The summed E-state index contributed by atoms with van der Waals surface area (Å²) in [7, 11) is 3.22. The molecule has 3 rings (SSSR count). The number of rotatable bonds is 5. The van der Waals surface area contributed by atoms with E-state index in [0.717, 1.165) is 0 Å². The molecule has 2 aliphatic rings. The molecule has 3 heterocycles. The minimum atomic E-state index is -0.351. The Morgan fingerprint density at radius 3 is 2.66 bits per heavy atom. The van der Waals surface area contributed by atoms with Gasteiger partial charge in [0.05, 0.1) is 31.3 Å². The van der Waals surface area contributed by atoms with Gasteiger partial charge >= 0.3 is 0 Å². The zero-order valence-electron chi connectivity index (χ0n) is 16.6. The zero-order valence-corrected chi connectivity index (χ0v) is 18.2. The molecule has 8 nitrogen and oxygen atoms in total. The molecule has 0 saturated carbocycles. The second kappa shape index (κ2) is 9.09. The summed E-state index contributed by atoms with van der Waals surface area (Å²) in [6.07, 6.45) is 1.74. The first-order chi connectivity index (χ1) is 13.9. The normalized spacial score (nSPS) is 18.6. The standard InChI is InChI=1S/C19H22N4O4S2/c1-12-13(10-15-18(25)23(6-7-26-3)19(28)29-15)16(22-4-8-27-9-5-22)21(2)17(24)14(12)11-20/h10H,4-9H2,1-3H3/b15-10+. The Bertz CT molecular complexity index is 974. The first-order valence-electron chi connectivity index (χ1n) is 9.11. The largest absolute Gasteiger partial charge is 0.383 e. The Kier molecular flexibility index (Phi) is 6.74. The van der Waals surface area contributed by atoms with Crippen LogP contribution < -0.4 is 10.5 Å². The summed E-state index contributed by atoms with van der Waals surface area (Å²) >= 11 is 6.56. The van der Waals surface area contributed by atoms with E-state index in [1.807, 2.05) is 6.07 Å². The van der Waals surface area contributed by atoms with Gasteiger partial charge in [0.15, 0.2) is 0 Å². The molecule has 2 aliphatic heterocycles. The fourth-order valence-corrected chi connectivity index (χ4v) is 4.67. The SMILES string of the molecule is COCCN1C(=O)/C(=C\c2c(C)c(C#N)c(=O)n(C)c2N2CCOCC2)SC1=S. The van der Waals surface area contributed by atoms with E-state index in [4.69, 9.17) is 21.7 Å². The predicted molar refractivity (Wildman–Crippen MR) is 116 cm³/mol. The van der Waals surface area contributed by atoms with Gasteiger partial charge in [0.1, 0.15) is 21.8 Å². The molecule has 0 N–H and O–H groups in total. The van der Waals surface area contributed by atoms with Gasteiger partial charge in [-0.25, -0.2) is 0 Å². The van der Waals surface area contributed by atoms with Crippen LogP contribution in [-0.2, 0) is 21.3 Å². The van der Waals surface area contributed by atoms with Crippen molar-refractivity contribution in [3.63, 3.8) is 0 Å². The molecule has 1 aromatic heterocycles. The van der Waals surface area contributed by atoms with Gasteiger partial charge in [-0.3, -0.25) is 19.1 Å². The Labute approximate surface area is 178 Å². The Morgan fingerprint density at radius 1 is 1.34 bits per heavy atom. The molecule has 1 amide bonds.